The molecule has 100 valence electrons. The zero-order valence-corrected chi connectivity index (χ0v) is 10.8. The predicted molar refractivity (Wildman–Crippen MR) is 70.3 cm³/mol. The molecule has 0 unspecified atom stereocenters. The van der Waals surface area contributed by atoms with Crippen LogP contribution in [0.4, 0.5) is 4.79 Å². The van der Waals surface area contributed by atoms with E-state index < -0.39 is 0 Å². The van der Waals surface area contributed by atoms with Gasteiger partial charge in [0.2, 0.25) is 0 Å². The molecule has 2 N–H and O–H groups in total. The molecule has 2 amide bonds. The zero-order valence-electron chi connectivity index (χ0n) is 10.8. The molecule has 0 saturated carbocycles. The van der Waals surface area contributed by atoms with Crippen LogP contribution in [-0.4, -0.2) is 60.6 Å². The van der Waals surface area contributed by atoms with Gasteiger partial charge in [0, 0.05) is 32.4 Å². The van der Waals surface area contributed by atoms with E-state index in [-0.39, 0.29) is 11.6 Å². The van der Waals surface area contributed by atoms with Crippen LogP contribution in [0.5, 0.6) is 0 Å². The minimum atomic E-state index is 0.0387. The second-order valence-corrected chi connectivity index (χ2v) is 5.45. The smallest absolute Gasteiger partial charge is 0.317 e. The Morgan fingerprint density at radius 2 is 1.94 bits per heavy atom. The number of piperazine rings is 1. The highest BCUT2D eigenvalue weighted by Crippen LogP contribution is 2.29. The maximum atomic E-state index is 12.6. The van der Waals surface area contributed by atoms with Crippen molar-refractivity contribution in [2.75, 3.05) is 39.3 Å². The Balaban J connectivity index is 1.78. The Morgan fingerprint density at radius 3 is 2.67 bits per heavy atom. The van der Waals surface area contributed by atoms with Gasteiger partial charge in [-0.2, -0.15) is 0 Å². The van der Waals surface area contributed by atoms with E-state index in [0.29, 0.717) is 0 Å². The molecule has 0 atom stereocenters. The highest BCUT2D eigenvalue weighted by molar-refractivity contribution is 5.77. The van der Waals surface area contributed by atoms with Crippen molar-refractivity contribution in [1.82, 2.24) is 20.4 Å². The van der Waals surface area contributed by atoms with Crippen molar-refractivity contribution in [3.8, 4) is 0 Å². The average molecular weight is 250 g/mol. The van der Waals surface area contributed by atoms with Crippen molar-refractivity contribution in [2.45, 2.75) is 24.8 Å². The Morgan fingerprint density at radius 1 is 1.11 bits per heavy atom. The number of carbonyl (C=O) groups is 1. The molecule has 0 aliphatic carbocycles. The van der Waals surface area contributed by atoms with E-state index in [0.717, 1.165) is 58.5 Å². The molecule has 0 aromatic carbocycles. The Hall–Kier alpha value is -1.07. The molecule has 0 bridgehead atoms. The van der Waals surface area contributed by atoms with Crippen molar-refractivity contribution in [1.29, 1.82) is 0 Å². The summed E-state index contributed by atoms with van der Waals surface area (Å²) >= 11 is 0. The van der Waals surface area contributed by atoms with E-state index in [9.17, 15) is 4.79 Å². The largest absolute Gasteiger partial charge is 0.324 e. The van der Waals surface area contributed by atoms with Gasteiger partial charge in [0.15, 0.2) is 0 Å². The van der Waals surface area contributed by atoms with Crippen LogP contribution in [-0.2, 0) is 0 Å². The van der Waals surface area contributed by atoms with Gasteiger partial charge in [-0.3, -0.25) is 0 Å². The quantitative estimate of drug-likeness (QED) is 0.652. The molecule has 5 nitrogen and oxygen atoms in total. The lowest BCUT2D eigenvalue weighted by atomic mass is 9.85. The number of hydrogen-bond acceptors (Lipinski definition) is 3. The fourth-order valence-electron chi connectivity index (χ4n) is 3.29. The van der Waals surface area contributed by atoms with E-state index in [1.165, 1.54) is 0 Å². The summed E-state index contributed by atoms with van der Waals surface area (Å²) in [5, 5.41) is 6.85. The van der Waals surface area contributed by atoms with Crippen LogP contribution < -0.4 is 10.6 Å². The molecule has 0 aromatic rings. The summed E-state index contributed by atoms with van der Waals surface area (Å²) < 4.78 is 0. The van der Waals surface area contributed by atoms with E-state index in [1.54, 1.807) is 0 Å². The Kier molecular flexibility index (Phi) is 3.26. The third-order valence-corrected chi connectivity index (χ3v) is 4.37. The number of nitrogens with zero attached hydrogens (tertiary/aromatic N) is 2. The lowest BCUT2D eigenvalue weighted by Gasteiger charge is -2.50. The molecular weight excluding hydrogens is 228 g/mol. The summed E-state index contributed by atoms with van der Waals surface area (Å²) in [5.41, 5.74) is 0.0387. The minimum absolute atomic E-state index is 0.0387. The highest BCUT2D eigenvalue weighted by Gasteiger charge is 2.43. The molecule has 3 rings (SSSR count). The SMILES string of the molecule is O=C(N1C=CCC1)N1CCNCC12CCNCC2. The number of hydrogen-bond donors (Lipinski definition) is 2. The summed E-state index contributed by atoms with van der Waals surface area (Å²) in [6, 6.07) is 0.201. The van der Waals surface area contributed by atoms with Gasteiger partial charge in [0.25, 0.3) is 0 Å². The number of piperidine rings is 1. The summed E-state index contributed by atoms with van der Waals surface area (Å²) in [6.07, 6.45) is 7.13. The topological polar surface area (TPSA) is 47.6 Å². The van der Waals surface area contributed by atoms with Gasteiger partial charge in [-0.05, 0) is 32.4 Å². The maximum Gasteiger partial charge on any atom is 0.324 e. The van der Waals surface area contributed by atoms with Gasteiger partial charge in [0.05, 0.1) is 5.54 Å². The van der Waals surface area contributed by atoms with Crippen LogP contribution in [0, 0.1) is 0 Å². The second-order valence-electron chi connectivity index (χ2n) is 5.45. The van der Waals surface area contributed by atoms with Gasteiger partial charge in [-0.25, -0.2) is 4.79 Å². The van der Waals surface area contributed by atoms with Gasteiger partial charge < -0.3 is 20.4 Å². The lowest BCUT2D eigenvalue weighted by molar-refractivity contribution is 0.0509. The van der Waals surface area contributed by atoms with E-state index in [2.05, 4.69) is 21.6 Å². The van der Waals surface area contributed by atoms with E-state index >= 15 is 0 Å². The third kappa shape index (κ3) is 2.01. The van der Waals surface area contributed by atoms with Crippen molar-refractivity contribution >= 4 is 6.03 Å². The monoisotopic (exact) mass is 250 g/mol. The Labute approximate surface area is 108 Å². The van der Waals surface area contributed by atoms with E-state index in [1.807, 2.05) is 11.1 Å². The molecule has 0 radical (unpaired) electrons. The molecule has 1 spiro atoms. The molecule has 2 fully saturated rings. The second kappa shape index (κ2) is 4.90. The first-order chi connectivity index (χ1) is 8.82. The summed E-state index contributed by atoms with van der Waals surface area (Å²) in [7, 11) is 0. The minimum Gasteiger partial charge on any atom is -0.317 e. The van der Waals surface area contributed by atoms with Gasteiger partial charge >= 0.3 is 6.03 Å². The van der Waals surface area contributed by atoms with E-state index in [4.69, 9.17) is 0 Å². The zero-order chi connectivity index (χ0) is 12.4. The van der Waals surface area contributed by atoms with Gasteiger partial charge in [-0.15, -0.1) is 0 Å². The van der Waals surface area contributed by atoms with Crippen molar-refractivity contribution in [2.24, 2.45) is 0 Å². The van der Waals surface area contributed by atoms with Gasteiger partial charge in [0.1, 0.15) is 0 Å². The molecule has 0 aromatic heterocycles. The first-order valence-corrected chi connectivity index (χ1v) is 6.98. The molecule has 18 heavy (non-hydrogen) atoms. The third-order valence-electron chi connectivity index (χ3n) is 4.37. The Bertz CT molecular complexity index is 341. The van der Waals surface area contributed by atoms with Crippen molar-refractivity contribution < 1.29 is 4.79 Å². The normalized spacial score (nSPS) is 26.9. The fraction of sp³-hybridized carbons (Fsp3) is 0.769. The highest BCUT2D eigenvalue weighted by atomic mass is 16.2. The lowest BCUT2D eigenvalue weighted by Crippen LogP contribution is -2.67. The molecule has 3 heterocycles. The van der Waals surface area contributed by atoms with Crippen molar-refractivity contribution in [3.63, 3.8) is 0 Å². The summed E-state index contributed by atoms with van der Waals surface area (Å²) in [4.78, 5) is 16.6. The number of rotatable bonds is 0. The standard InChI is InChI=1S/C13H22N4O/c18-12(16-8-1-2-9-16)17-10-7-15-11-13(17)3-5-14-6-4-13/h1,8,14-15H,2-7,9-11H2. The van der Waals surface area contributed by atoms with Crippen LogP contribution >= 0.6 is 0 Å². The molecular formula is C13H22N4O. The summed E-state index contributed by atoms with van der Waals surface area (Å²) in [5.74, 6) is 0. The summed E-state index contributed by atoms with van der Waals surface area (Å²) in [6.45, 7) is 5.57. The van der Waals surface area contributed by atoms with Crippen LogP contribution in [0.25, 0.3) is 0 Å². The predicted octanol–water partition coefficient (Wildman–Crippen LogP) is 0.353. The van der Waals surface area contributed by atoms with Crippen molar-refractivity contribution in [3.05, 3.63) is 12.3 Å². The first-order valence-electron chi connectivity index (χ1n) is 6.98. The van der Waals surface area contributed by atoms with Crippen LogP contribution in [0.3, 0.4) is 0 Å². The number of nitrogens with one attached hydrogen (secondary N) is 2. The number of carbonyl (C=O) groups excluding carboxylic acids is 1. The fourth-order valence-corrected chi connectivity index (χ4v) is 3.29. The molecule has 3 aliphatic heterocycles. The van der Waals surface area contributed by atoms with Crippen LogP contribution in [0.15, 0.2) is 12.3 Å². The van der Waals surface area contributed by atoms with Crippen LogP contribution in [0.1, 0.15) is 19.3 Å². The molecule has 2 saturated heterocycles. The molecule has 5 heteroatoms. The molecule has 3 aliphatic rings. The average Bonchev–Trinajstić information content (AvgIpc) is 2.93. The van der Waals surface area contributed by atoms with Crippen LogP contribution in [0.2, 0.25) is 0 Å². The number of urea groups is 1. The van der Waals surface area contributed by atoms with Gasteiger partial charge in [-0.1, -0.05) is 6.08 Å². The first kappa shape index (κ1) is 12.0. The maximum absolute atomic E-state index is 12.6. The number of amides is 2.